The van der Waals surface area contributed by atoms with Gasteiger partial charge in [0.25, 0.3) is 0 Å². The largest absolute Gasteiger partial charge is 0.416 e. The van der Waals surface area contributed by atoms with Gasteiger partial charge in [-0.15, -0.1) is 5.10 Å². The van der Waals surface area contributed by atoms with Crippen molar-refractivity contribution in [2.45, 2.75) is 18.9 Å². The van der Waals surface area contributed by atoms with Gasteiger partial charge in [0, 0.05) is 46.8 Å². The highest BCUT2D eigenvalue weighted by Crippen LogP contribution is 2.31. The number of amides is 3. The molecule has 4 rings (SSSR count). The molecule has 208 valence electrons. The fraction of sp³-hybridized carbons (Fsp3) is 0.370. The third-order valence-corrected chi connectivity index (χ3v) is 6.56. The topological polar surface area (TPSA) is 101 Å². The number of nitrogens with one attached hydrogen (secondary N) is 2. The number of para-hydroxylation sites is 1. The third-order valence-electron chi connectivity index (χ3n) is 6.56. The Hall–Kier alpha value is -4.03. The lowest BCUT2D eigenvalue weighted by atomic mass is 9.94. The summed E-state index contributed by atoms with van der Waals surface area (Å²) in [5, 5.41) is 10.2. The minimum Gasteiger partial charge on any atom is -0.389 e. The number of rotatable bonds is 8. The Labute approximate surface area is 225 Å². The van der Waals surface area contributed by atoms with Crippen LogP contribution in [0.4, 0.5) is 24.2 Å². The third kappa shape index (κ3) is 6.52. The minimum absolute atomic E-state index is 0.0547. The molecule has 2 unspecified atom stereocenters. The van der Waals surface area contributed by atoms with Crippen LogP contribution in [0, 0.1) is 18.6 Å². The second kappa shape index (κ2) is 12.2. The molecule has 1 aliphatic heterocycles. The molecule has 3 aromatic rings. The number of carbonyl (C=O) groups is 2. The zero-order chi connectivity index (χ0) is 28.1. The van der Waals surface area contributed by atoms with Crippen LogP contribution in [-0.4, -0.2) is 85.2 Å². The van der Waals surface area contributed by atoms with E-state index in [4.69, 9.17) is 9.47 Å². The van der Waals surface area contributed by atoms with Gasteiger partial charge in [0.15, 0.2) is 11.6 Å². The highest BCUT2D eigenvalue weighted by molar-refractivity contribution is 5.90. The van der Waals surface area contributed by atoms with Crippen LogP contribution in [0.3, 0.4) is 0 Å². The first-order chi connectivity index (χ1) is 18.7. The van der Waals surface area contributed by atoms with Crippen molar-refractivity contribution >= 4 is 17.9 Å². The minimum atomic E-state index is -0.937. The number of halogens is 2. The lowest BCUT2D eigenvalue weighted by Gasteiger charge is -2.21. The van der Waals surface area contributed by atoms with E-state index in [0.29, 0.717) is 48.9 Å². The lowest BCUT2D eigenvalue weighted by Crippen LogP contribution is -2.42. The summed E-state index contributed by atoms with van der Waals surface area (Å²) in [5.74, 6) is -1.77. The summed E-state index contributed by atoms with van der Waals surface area (Å²) >= 11 is 0. The Morgan fingerprint density at radius 1 is 1.10 bits per heavy atom. The van der Waals surface area contributed by atoms with Crippen molar-refractivity contribution in [3.63, 3.8) is 0 Å². The van der Waals surface area contributed by atoms with Crippen LogP contribution >= 0.6 is 0 Å². The van der Waals surface area contributed by atoms with Gasteiger partial charge in [-0.25, -0.2) is 23.1 Å². The van der Waals surface area contributed by atoms with Crippen LogP contribution < -0.4 is 15.4 Å². The average Bonchev–Trinajstić information content (AvgIpc) is 3.45. The van der Waals surface area contributed by atoms with Gasteiger partial charge in [-0.2, -0.15) is 0 Å². The quantitative estimate of drug-likeness (QED) is 0.450. The Morgan fingerprint density at radius 2 is 1.85 bits per heavy atom. The molecule has 1 saturated heterocycles. The van der Waals surface area contributed by atoms with E-state index in [0.717, 1.165) is 6.07 Å². The molecule has 0 saturated carbocycles. The maximum atomic E-state index is 14.0. The normalized spacial score (nSPS) is 17.2. The molecule has 3 amide bonds. The van der Waals surface area contributed by atoms with Crippen molar-refractivity contribution in [1.29, 1.82) is 0 Å². The van der Waals surface area contributed by atoms with Gasteiger partial charge in [-0.1, -0.05) is 24.3 Å². The van der Waals surface area contributed by atoms with Gasteiger partial charge in [-0.3, -0.25) is 10.2 Å². The smallest absolute Gasteiger partial charge is 0.389 e. The zero-order valence-corrected chi connectivity index (χ0v) is 22.3. The summed E-state index contributed by atoms with van der Waals surface area (Å²) in [6, 6.07) is 12.0. The number of carbonyl (C=O) groups excluding carboxylic acids is 2. The first kappa shape index (κ1) is 28.0. The number of aromatic nitrogens is 2. The summed E-state index contributed by atoms with van der Waals surface area (Å²) < 4.78 is 39.7. The highest BCUT2D eigenvalue weighted by Gasteiger charge is 2.35. The SMILES string of the molecule is COCCN1CC(NC(=O)Nc2c(C)c(OC(=O)N(C)C)nn2-c2ccccc2)C(c2ccc(F)c(F)c2)C1. The molecule has 0 bridgehead atoms. The zero-order valence-electron chi connectivity index (χ0n) is 22.3. The van der Waals surface area contributed by atoms with E-state index in [1.54, 1.807) is 40.3 Å². The van der Waals surface area contributed by atoms with Gasteiger partial charge in [0.1, 0.15) is 5.82 Å². The summed E-state index contributed by atoms with van der Waals surface area (Å²) in [7, 11) is 4.72. The summed E-state index contributed by atoms with van der Waals surface area (Å²) in [5.41, 5.74) is 1.69. The molecule has 12 heteroatoms. The van der Waals surface area contributed by atoms with Crippen LogP contribution in [0.15, 0.2) is 48.5 Å². The van der Waals surface area contributed by atoms with Crippen molar-refractivity contribution < 1.29 is 27.8 Å². The van der Waals surface area contributed by atoms with E-state index in [2.05, 4.69) is 20.6 Å². The molecule has 2 atom stereocenters. The van der Waals surface area contributed by atoms with Crippen molar-refractivity contribution in [1.82, 2.24) is 24.9 Å². The fourth-order valence-corrected chi connectivity index (χ4v) is 4.48. The second-order valence-electron chi connectivity index (χ2n) is 9.53. The molecule has 0 spiro atoms. The van der Waals surface area contributed by atoms with E-state index in [9.17, 15) is 18.4 Å². The maximum Gasteiger partial charge on any atom is 0.416 e. The molecule has 10 nitrogen and oxygen atoms in total. The number of ether oxygens (including phenoxy) is 2. The average molecular weight is 543 g/mol. The van der Waals surface area contributed by atoms with Crippen molar-refractivity contribution in [2.24, 2.45) is 0 Å². The highest BCUT2D eigenvalue weighted by atomic mass is 19.2. The molecule has 1 fully saturated rings. The van der Waals surface area contributed by atoms with Gasteiger partial charge >= 0.3 is 12.1 Å². The van der Waals surface area contributed by atoms with E-state index in [1.807, 2.05) is 18.2 Å². The molecule has 2 heterocycles. The van der Waals surface area contributed by atoms with Gasteiger partial charge in [0.2, 0.25) is 5.88 Å². The van der Waals surface area contributed by atoms with Crippen molar-refractivity contribution in [2.75, 3.05) is 52.8 Å². The first-order valence-corrected chi connectivity index (χ1v) is 12.5. The molecule has 0 radical (unpaired) electrons. The summed E-state index contributed by atoms with van der Waals surface area (Å²) in [6.07, 6.45) is -0.608. The predicted molar refractivity (Wildman–Crippen MR) is 141 cm³/mol. The number of anilines is 1. The fourth-order valence-electron chi connectivity index (χ4n) is 4.48. The number of methoxy groups -OCH3 is 1. The van der Waals surface area contributed by atoms with E-state index in [1.165, 1.54) is 21.7 Å². The molecule has 0 aliphatic carbocycles. The van der Waals surface area contributed by atoms with E-state index in [-0.39, 0.29) is 11.8 Å². The number of likely N-dealkylation sites (tertiary alicyclic amines) is 1. The van der Waals surface area contributed by atoms with Gasteiger partial charge < -0.3 is 19.7 Å². The predicted octanol–water partition coefficient (Wildman–Crippen LogP) is 3.76. The maximum absolute atomic E-state index is 14.0. The molecule has 1 aliphatic rings. The van der Waals surface area contributed by atoms with Gasteiger partial charge in [-0.05, 0) is 36.8 Å². The van der Waals surface area contributed by atoms with Gasteiger partial charge in [0.05, 0.1) is 23.9 Å². The molecule has 1 aromatic heterocycles. The number of hydrogen-bond donors (Lipinski definition) is 2. The molecule has 2 N–H and O–H groups in total. The lowest BCUT2D eigenvalue weighted by molar-refractivity contribution is 0.159. The summed E-state index contributed by atoms with van der Waals surface area (Å²) in [6.45, 7) is 3.82. The van der Waals surface area contributed by atoms with Crippen LogP contribution in [0.1, 0.15) is 17.0 Å². The molecule has 39 heavy (non-hydrogen) atoms. The number of benzene rings is 2. The Morgan fingerprint density at radius 3 is 2.51 bits per heavy atom. The first-order valence-electron chi connectivity index (χ1n) is 12.5. The van der Waals surface area contributed by atoms with Crippen molar-refractivity contribution in [3.05, 3.63) is 71.3 Å². The number of urea groups is 1. The second-order valence-corrected chi connectivity index (χ2v) is 9.53. The van der Waals surface area contributed by atoms with Crippen LogP contribution in [-0.2, 0) is 4.74 Å². The van der Waals surface area contributed by atoms with Crippen molar-refractivity contribution in [3.8, 4) is 11.6 Å². The van der Waals surface area contributed by atoms with E-state index < -0.39 is 29.8 Å². The molecule has 2 aromatic carbocycles. The van der Waals surface area contributed by atoms with Crippen LogP contribution in [0.25, 0.3) is 5.69 Å². The standard InChI is InChI=1S/C27H32F2N6O4/c1-17-24(35(19-8-6-5-7-9-19)32-25(17)39-27(37)33(2)3)31-26(36)30-23-16-34(12-13-38-4)15-20(23)18-10-11-21(28)22(29)14-18/h5-11,14,20,23H,12-13,15-16H2,1-4H3,(H2,30,31,36). The number of hydrogen-bond acceptors (Lipinski definition) is 6. The monoisotopic (exact) mass is 542 g/mol. The molecular weight excluding hydrogens is 510 g/mol. The Kier molecular flexibility index (Phi) is 8.77. The van der Waals surface area contributed by atoms with Crippen LogP contribution in [0.2, 0.25) is 0 Å². The Balaban J connectivity index is 1.58. The molecular formula is C27H32F2N6O4. The summed E-state index contributed by atoms with van der Waals surface area (Å²) in [4.78, 5) is 28.9. The Bertz CT molecular complexity index is 1320. The number of nitrogens with zero attached hydrogens (tertiary/aromatic N) is 4. The van der Waals surface area contributed by atoms with E-state index >= 15 is 0 Å². The van der Waals surface area contributed by atoms with Crippen LogP contribution in [0.5, 0.6) is 5.88 Å².